The number of rotatable bonds is 3. The maximum absolute atomic E-state index is 12.7. The molecule has 2 saturated heterocycles. The molecule has 0 spiro atoms. The number of ether oxygens (including phenoxy) is 1. The van der Waals surface area contributed by atoms with Crippen LogP contribution in [0.1, 0.15) is 43.4 Å². The van der Waals surface area contributed by atoms with Gasteiger partial charge in [-0.15, -0.1) is 0 Å². The highest BCUT2D eigenvalue weighted by Crippen LogP contribution is 2.32. The lowest BCUT2D eigenvalue weighted by Gasteiger charge is -2.13. The highest BCUT2D eigenvalue weighted by molar-refractivity contribution is 6.21. The number of nitrogens with zero attached hydrogens (tertiary/aromatic N) is 2. The van der Waals surface area contributed by atoms with Gasteiger partial charge in [0, 0.05) is 25.2 Å². The number of nitrogens with one attached hydrogen (secondary N) is 1. The summed E-state index contributed by atoms with van der Waals surface area (Å²) in [6.07, 6.45) is 6.44. The first kappa shape index (κ1) is 14.7. The standard InChI is InChI=1S/C16H21N3O4/c20-15-12(8-10-6-7-22-9-10)17-16(21)19(15)14-11-4-2-1-3-5-13(11)23-18-14/h10,12H,1-9H2,(H,17,21). The van der Waals surface area contributed by atoms with Crippen molar-refractivity contribution < 1.29 is 18.8 Å². The van der Waals surface area contributed by atoms with Crippen molar-refractivity contribution >= 4 is 17.8 Å². The van der Waals surface area contributed by atoms with Crippen LogP contribution in [0.15, 0.2) is 4.52 Å². The molecule has 1 N–H and O–H groups in total. The van der Waals surface area contributed by atoms with E-state index in [9.17, 15) is 9.59 Å². The fourth-order valence-corrected chi connectivity index (χ4v) is 3.71. The number of imide groups is 1. The van der Waals surface area contributed by atoms with Gasteiger partial charge in [0.25, 0.3) is 5.91 Å². The van der Waals surface area contributed by atoms with E-state index in [1.165, 1.54) is 4.90 Å². The van der Waals surface area contributed by atoms with E-state index in [1.807, 2.05) is 0 Å². The number of carbonyl (C=O) groups excluding carboxylic acids is 2. The van der Waals surface area contributed by atoms with E-state index in [2.05, 4.69) is 10.5 Å². The highest BCUT2D eigenvalue weighted by atomic mass is 16.5. The van der Waals surface area contributed by atoms with E-state index < -0.39 is 6.04 Å². The summed E-state index contributed by atoms with van der Waals surface area (Å²) >= 11 is 0. The molecule has 1 aromatic heterocycles. The molecule has 2 aliphatic heterocycles. The summed E-state index contributed by atoms with van der Waals surface area (Å²) in [6, 6.07) is -0.869. The van der Waals surface area contributed by atoms with Crippen molar-refractivity contribution in [1.82, 2.24) is 10.5 Å². The molecule has 0 saturated carbocycles. The number of anilines is 1. The van der Waals surface area contributed by atoms with Crippen molar-refractivity contribution in [2.75, 3.05) is 18.1 Å². The molecule has 4 rings (SSSR count). The third-order valence-corrected chi connectivity index (χ3v) is 5.00. The molecule has 7 nitrogen and oxygen atoms in total. The molecule has 2 atom stereocenters. The van der Waals surface area contributed by atoms with Crippen LogP contribution < -0.4 is 10.2 Å². The van der Waals surface area contributed by atoms with Gasteiger partial charge >= 0.3 is 6.03 Å². The molecular formula is C16H21N3O4. The normalized spacial score (nSPS) is 27.9. The number of hydrogen-bond donors (Lipinski definition) is 1. The maximum Gasteiger partial charge on any atom is 0.330 e. The maximum atomic E-state index is 12.7. The first-order chi connectivity index (χ1) is 11.2. The number of urea groups is 1. The summed E-state index contributed by atoms with van der Waals surface area (Å²) in [4.78, 5) is 26.2. The van der Waals surface area contributed by atoms with Crippen molar-refractivity contribution in [3.8, 4) is 0 Å². The van der Waals surface area contributed by atoms with Crippen molar-refractivity contribution in [3.63, 3.8) is 0 Å². The first-order valence-corrected chi connectivity index (χ1v) is 8.43. The molecule has 3 amide bonds. The summed E-state index contributed by atoms with van der Waals surface area (Å²) in [7, 11) is 0. The Hall–Kier alpha value is -1.89. The van der Waals surface area contributed by atoms with E-state index in [4.69, 9.17) is 9.26 Å². The van der Waals surface area contributed by atoms with E-state index in [1.54, 1.807) is 0 Å². The van der Waals surface area contributed by atoms with Gasteiger partial charge in [0.2, 0.25) is 0 Å². The molecule has 7 heteroatoms. The summed E-state index contributed by atoms with van der Waals surface area (Å²) in [6.45, 7) is 1.40. The zero-order valence-electron chi connectivity index (χ0n) is 13.0. The van der Waals surface area contributed by atoms with Gasteiger partial charge in [-0.3, -0.25) is 4.79 Å². The van der Waals surface area contributed by atoms with E-state index in [0.717, 1.165) is 56.5 Å². The predicted octanol–water partition coefficient (Wildman–Crippen LogP) is 1.79. The van der Waals surface area contributed by atoms with Crippen molar-refractivity contribution in [2.45, 2.75) is 51.0 Å². The van der Waals surface area contributed by atoms with Gasteiger partial charge < -0.3 is 14.6 Å². The lowest BCUT2D eigenvalue weighted by Crippen LogP contribution is -2.33. The van der Waals surface area contributed by atoms with Crippen LogP contribution in [0.25, 0.3) is 0 Å². The lowest BCUT2D eigenvalue weighted by atomic mass is 9.99. The summed E-state index contributed by atoms with van der Waals surface area (Å²) in [5.74, 6) is 1.33. The topological polar surface area (TPSA) is 84.7 Å². The van der Waals surface area contributed by atoms with Gasteiger partial charge in [0.1, 0.15) is 11.8 Å². The minimum atomic E-state index is -0.479. The first-order valence-electron chi connectivity index (χ1n) is 8.43. The van der Waals surface area contributed by atoms with Crippen molar-refractivity contribution in [2.24, 2.45) is 5.92 Å². The minimum Gasteiger partial charge on any atom is -0.381 e. The molecule has 0 radical (unpaired) electrons. The minimum absolute atomic E-state index is 0.220. The zero-order chi connectivity index (χ0) is 15.8. The van der Waals surface area contributed by atoms with Crippen LogP contribution in [0.3, 0.4) is 0 Å². The second kappa shape index (κ2) is 5.96. The number of fused-ring (bicyclic) bond motifs is 1. The monoisotopic (exact) mass is 319 g/mol. The van der Waals surface area contributed by atoms with E-state index >= 15 is 0 Å². The number of aromatic nitrogens is 1. The summed E-state index contributed by atoms with van der Waals surface area (Å²) in [5.41, 5.74) is 0.927. The van der Waals surface area contributed by atoms with E-state index in [0.29, 0.717) is 24.8 Å². The van der Waals surface area contributed by atoms with Crippen LogP contribution in [-0.4, -0.2) is 36.4 Å². The van der Waals surface area contributed by atoms with Crippen LogP contribution in [0.4, 0.5) is 10.6 Å². The molecule has 3 aliphatic rings. The second-order valence-corrected chi connectivity index (χ2v) is 6.61. The Labute approximate surface area is 134 Å². The Morgan fingerprint density at radius 1 is 1.22 bits per heavy atom. The van der Waals surface area contributed by atoms with Gasteiger partial charge in [-0.1, -0.05) is 11.6 Å². The summed E-state index contributed by atoms with van der Waals surface area (Å²) < 4.78 is 10.8. The smallest absolute Gasteiger partial charge is 0.330 e. The number of hydrogen-bond acceptors (Lipinski definition) is 5. The van der Waals surface area contributed by atoms with Gasteiger partial charge in [0.05, 0.1) is 0 Å². The Bertz CT molecular complexity index is 621. The Balaban J connectivity index is 1.55. The summed E-state index contributed by atoms with van der Waals surface area (Å²) in [5, 5.41) is 6.82. The Morgan fingerprint density at radius 3 is 2.91 bits per heavy atom. The molecule has 1 aromatic rings. The molecule has 23 heavy (non-hydrogen) atoms. The second-order valence-electron chi connectivity index (χ2n) is 6.61. The van der Waals surface area contributed by atoms with Crippen LogP contribution in [0.5, 0.6) is 0 Å². The fourth-order valence-electron chi connectivity index (χ4n) is 3.71. The van der Waals surface area contributed by atoms with E-state index in [-0.39, 0.29) is 11.9 Å². The molecule has 3 heterocycles. The fraction of sp³-hybridized carbons (Fsp3) is 0.688. The number of amides is 3. The average Bonchev–Trinajstić information content (AvgIpc) is 3.19. The molecule has 1 aliphatic carbocycles. The van der Waals surface area contributed by atoms with Gasteiger partial charge in [0.15, 0.2) is 5.82 Å². The Morgan fingerprint density at radius 2 is 2.09 bits per heavy atom. The van der Waals surface area contributed by atoms with Crippen LogP contribution in [-0.2, 0) is 22.4 Å². The number of carbonyl (C=O) groups is 2. The predicted molar refractivity (Wildman–Crippen MR) is 81.1 cm³/mol. The molecule has 0 bridgehead atoms. The van der Waals surface area contributed by atoms with Crippen molar-refractivity contribution in [1.29, 1.82) is 0 Å². The molecule has 124 valence electrons. The van der Waals surface area contributed by atoms with Crippen LogP contribution >= 0.6 is 0 Å². The van der Waals surface area contributed by atoms with Crippen LogP contribution in [0.2, 0.25) is 0 Å². The SMILES string of the molecule is O=C1NC(CC2CCOC2)C(=O)N1c1noc2c1CCCCC2. The molecule has 0 aromatic carbocycles. The molecule has 2 fully saturated rings. The van der Waals surface area contributed by atoms with Gasteiger partial charge in [-0.2, -0.15) is 0 Å². The molecule has 2 unspecified atom stereocenters. The lowest BCUT2D eigenvalue weighted by molar-refractivity contribution is -0.118. The highest BCUT2D eigenvalue weighted by Gasteiger charge is 2.43. The third kappa shape index (κ3) is 2.63. The van der Waals surface area contributed by atoms with Crippen LogP contribution in [0, 0.1) is 5.92 Å². The largest absolute Gasteiger partial charge is 0.381 e. The van der Waals surface area contributed by atoms with Gasteiger partial charge in [-0.25, -0.2) is 9.69 Å². The number of aryl methyl sites for hydroxylation is 1. The van der Waals surface area contributed by atoms with Crippen molar-refractivity contribution in [3.05, 3.63) is 11.3 Å². The zero-order valence-corrected chi connectivity index (χ0v) is 13.0. The average molecular weight is 319 g/mol. The third-order valence-electron chi connectivity index (χ3n) is 5.00. The molecular weight excluding hydrogens is 298 g/mol. The quantitative estimate of drug-likeness (QED) is 0.678. The van der Waals surface area contributed by atoms with Gasteiger partial charge in [-0.05, 0) is 38.0 Å². The Kier molecular flexibility index (Phi) is 3.80.